The molecule has 8 heteroatoms. The zero-order valence-electron chi connectivity index (χ0n) is 11.0. The summed E-state index contributed by atoms with van der Waals surface area (Å²) in [7, 11) is 0. The van der Waals surface area contributed by atoms with E-state index >= 15 is 0 Å². The quantitative estimate of drug-likeness (QED) is 0.869. The first-order chi connectivity index (χ1) is 9.24. The first-order valence-electron chi connectivity index (χ1n) is 6.13. The molecule has 2 atom stereocenters. The zero-order valence-corrected chi connectivity index (χ0v) is 11.8. The Kier molecular flexibility index (Phi) is 5.25. The lowest BCUT2D eigenvalue weighted by atomic mass is 10.0. The van der Waals surface area contributed by atoms with Crippen LogP contribution in [0.2, 0.25) is 0 Å². The summed E-state index contributed by atoms with van der Waals surface area (Å²) in [6.45, 7) is -0.925. The van der Waals surface area contributed by atoms with Crippen LogP contribution < -0.4 is 5.73 Å². The Morgan fingerprint density at radius 3 is 2.38 bits per heavy atom. The van der Waals surface area contributed by atoms with Crippen LogP contribution in [-0.2, 0) is 4.79 Å². The number of benzene rings is 1. The SMILES string of the molecule is Cl.NC(C(=O)N1CCC(O)(C(F)(F)F)C1)c1ccccc1. The average Bonchev–Trinajstić information content (AvgIpc) is 2.82. The van der Waals surface area contributed by atoms with Crippen LogP contribution in [0.15, 0.2) is 30.3 Å². The summed E-state index contributed by atoms with van der Waals surface area (Å²) in [5, 5.41) is 9.54. The molecule has 0 saturated carbocycles. The van der Waals surface area contributed by atoms with Crippen molar-refractivity contribution in [2.24, 2.45) is 5.73 Å². The van der Waals surface area contributed by atoms with E-state index in [1.807, 2.05) is 0 Å². The summed E-state index contributed by atoms with van der Waals surface area (Å²) in [4.78, 5) is 13.0. The molecule has 21 heavy (non-hydrogen) atoms. The Balaban J connectivity index is 0.00000220. The lowest BCUT2D eigenvalue weighted by Gasteiger charge is -2.27. The first-order valence-corrected chi connectivity index (χ1v) is 6.13. The van der Waals surface area contributed by atoms with Gasteiger partial charge in [0.1, 0.15) is 6.04 Å². The van der Waals surface area contributed by atoms with Crippen molar-refractivity contribution in [2.45, 2.75) is 24.2 Å². The third-order valence-corrected chi connectivity index (χ3v) is 3.51. The molecule has 2 unspecified atom stereocenters. The Morgan fingerprint density at radius 2 is 1.90 bits per heavy atom. The van der Waals surface area contributed by atoms with Crippen molar-refractivity contribution >= 4 is 18.3 Å². The minimum atomic E-state index is -4.75. The van der Waals surface area contributed by atoms with Crippen LogP contribution >= 0.6 is 12.4 Å². The van der Waals surface area contributed by atoms with Crippen LogP contribution in [0.3, 0.4) is 0 Å². The van der Waals surface area contributed by atoms with Crippen molar-refractivity contribution in [3.8, 4) is 0 Å². The van der Waals surface area contributed by atoms with Gasteiger partial charge in [0, 0.05) is 13.0 Å². The first kappa shape index (κ1) is 17.7. The molecule has 1 aromatic carbocycles. The number of β-amino-alcohol motifs (C(OH)–C–C–N with tert-alkyl or cyclic N) is 1. The second-order valence-electron chi connectivity index (χ2n) is 4.93. The molecule has 0 spiro atoms. The number of hydrogen-bond acceptors (Lipinski definition) is 3. The third kappa shape index (κ3) is 3.48. The van der Waals surface area contributed by atoms with E-state index in [1.165, 1.54) is 0 Å². The van der Waals surface area contributed by atoms with E-state index in [1.54, 1.807) is 30.3 Å². The van der Waals surface area contributed by atoms with Crippen LogP contribution in [0, 0.1) is 0 Å². The monoisotopic (exact) mass is 324 g/mol. The normalized spacial score (nSPS) is 23.6. The number of likely N-dealkylation sites (tertiary alicyclic amines) is 1. The molecule has 0 radical (unpaired) electrons. The van der Waals surface area contributed by atoms with Gasteiger partial charge in [0.15, 0.2) is 5.60 Å². The van der Waals surface area contributed by atoms with Gasteiger partial charge in [0.2, 0.25) is 5.91 Å². The Bertz CT molecular complexity index is 498. The van der Waals surface area contributed by atoms with Crippen molar-refractivity contribution in [3.63, 3.8) is 0 Å². The van der Waals surface area contributed by atoms with E-state index in [0.717, 1.165) is 4.90 Å². The van der Waals surface area contributed by atoms with Gasteiger partial charge >= 0.3 is 6.18 Å². The molecule has 0 bridgehead atoms. The van der Waals surface area contributed by atoms with E-state index < -0.39 is 36.7 Å². The average molecular weight is 325 g/mol. The number of rotatable bonds is 2. The van der Waals surface area contributed by atoms with E-state index in [-0.39, 0.29) is 19.0 Å². The number of carbonyl (C=O) groups excluding carboxylic acids is 1. The van der Waals surface area contributed by atoms with E-state index in [4.69, 9.17) is 5.73 Å². The number of amides is 1. The van der Waals surface area contributed by atoms with Gasteiger partial charge in [-0.3, -0.25) is 4.79 Å². The summed E-state index contributed by atoms with van der Waals surface area (Å²) in [6.07, 6.45) is -5.28. The highest BCUT2D eigenvalue weighted by molar-refractivity contribution is 5.85. The molecular formula is C13H16ClF3N2O2. The van der Waals surface area contributed by atoms with Crippen LogP contribution in [-0.4, -0.2) is 40.8 Å². The lowest BCUT2D eigenvalue weighted by Crippen LogP contribution is -2.48. The topological polar surface area (TPSA) is 66.6 Å². The van der Waals surface area contributed by atoms with Gasteiger partial charge in [-0.2, -0.15) is 13.2 Å². The molecular weight excluding hydrogens is 309 g/mol. The third-order valence-electron chi connectivity index (χ3n) is 3.51. The number of hydrogen-bond donors (Lipinski definition) is 2. The Hall–Kier alpha value is -1.31. The molecule has 1 aliphatic heterocycles. The van der Waals surface area contributed by atoms with Gasteiger partial charge in [0.05, 0.1) is 6.54 Å². The summed E-state index contributed by atoms with van der Waals surface area (Å²) >= 11 is 0. The molecule has 3 N–H and O–H groups in total. The standard InChI is InChI=1S/C13H15F3N2O2.ClH/c14-13(15,16)12(20)6-7-18(8-12)11(19)10(17)9-4-2-1-3-5-9;/h1-5,10,20H,6-8,17H2;1H. The maximum Gasteiger partial charge on any atom is 0.419 e. The van der Waals surface area contributed by atoms with Gasteiger partial charge in [0.25, 0.3) is 0 Å². The van der Waals surface area contributed by atoms with Crippen molar-refractivity contribution in [1.29, 1.82) is 0 Å². The number of nitrogens with two attached hydrogens (primary N) is 1. The fourth-order valence-electron chi connectivity index (χ4n) is 2.21. The van der Waals surface area contributed by atoms with Crippen molar-refractivity contribution < 1.29 is 23.1 Å². The lowest BCUT2D eigenvalue weighted by molar-refractivity contribution is -0.253. The molecule has 0 aliphatic carbocycles. The molecule has 118 valence electrons. The Labute approximate surface area is 126 Å². The number of alkyl halides is 3. The second kappa shape index (κ2) is 6.21. The van der Waals surface area contributed by atoms with Crippen LogP contribution in [0.5, 0.6) is 0 Å². The number of halogens is 4. The maximum atomic E-state index is 12.7. The molecule has 1 aromatic rings. The highest BCUT2D eigenvalue weighted by atomic mass is 35.5. The number of nitrogens with zero attached hydrogens (tertiary/aromatic N) is 1. The predicted molar refractivity (Wildman–Crippen MR) is 72.8 cm³/mol. The molecule has 1 heterocycles. The van der Waals surface area contributed by atoms with Gasteiger partial charge < -0.3 is 15.7 Å². The minimum Gasteiger partial charge on any atom is -0.379 e. The van der Waals surface area contributed by atoms with Gasteiger partial charge in [-0.05, 0) is 5.56 Å². The molecule has 1 aliphatic rings. The van der Waals surface area contributed by atoms with Crippen molar-refractivity contribution in [2.75, 3.05) is 13.1 Å². The number of aliphatic hydroxyl groups is 1. The highest BCUT2D eigenvalue weighted by Crippen LogP contribution is 2.38. The van der Waals surface area contributed by atoms with Crippen LogP contribution in [0.4, 0.5) is 13.2 Å². The van der Waals surface area contributed by atoms with Gasteiger partial charge in [-0.1, -0.05) is 30.3 Å². The molecule has 0 aromatic heterocycles. The summed E-state index contributed by atoms with van der Waals surface area (Å²) < 4.78 is 38.1. The fourth-order valence-corrected chi connectivity index (χ4v) is 2.21. The highest BCUT2D eigenvalue weighted by Gasteiger charge is 2.58. The van der Waals surface area contributed by atoms with Crippen LogP contribution in [0.25, 0.3) is 0 Å². The van der Waals surface area contributed by atoms with Gasteiger partial charge in [-0.25, -0.2) is 0 Å². The smallest absolute Gasteiger partial charge is 0.379 e. The summed E-state index contributed by atoms with van der Waals surface area (Å²) in [5.74, 6) is -0.614. The fraction of sp³-hybridized carbons (Fsp3) is 0.462. The number of carbonyl (C=O) groups is 1. The maximum absolute atomic E-state index is 12.7. The molecule has 1 amide bonds. The van der Waals surface area contributed by atoms with Crippen molar-refractivity contribution in [1.82, 2.24) is 4.90 Å². The molecule has 1 saturated heterocycles. The Morgan fingerprint density at radius 1 is 1.33 bits per heavy atom. The minimum absolute atomic E-state index is 0. The van der Waals surface area contributed by atoms with Gasteiger partial charge in [-0.15, -0.1) is 12.4 Å². The zero-order chi connectivity index (χ0) is 15.0. The molecule has 1 fully saturated rings. The second-order valence-corrected chi connectivity index (χ2v) is 4.93. The molecule has 4 nitrogen and oxygen atoms in total. The molecule has 2 rings (SSSR count). The van der Waals surface area contributed by atoms with Crippen LogP contribution in [0.1, 0.15) is 18.0 Å². The van der Waals surface area contributed by atoms with E-state index in [9.17, 15) is 23.1 Å². The predicted octanol–water partition coefficient (Wildman–Crippen LogP) is 1.63. The summed E-state index contributed by atoms with van der Waals surface area (Å²) in [5.41, 5.74) is 3.46. The van der Waals surface area contributed by atoms with E-state index in [0.29, 0.717) is 5.56 Å². The summed E-state index contributed by atoms with van der Waals surface area (Å²) in [6, 6.07) is 7.38. The van der Waals surface area contributed by atoms with Crippen molar-refractivity contribution in [3.05, 3.63) is 35.9 Å². The van der Waals surface area contributed by atoms with E-state index in [2.05, 4.69) is 0 Å². The largest absolute Gasteiger partial charge is 0.419 e.